The summed E-state index contributed by atoms with van der Waals surface area (Å²) in [5.41, 5.74) is 0. The van der Waals surface area contributed by atoms with Gasteiger partial charge < -0.3 is 15.3 Å². The third-order valence-electron chi connectivity index (χ3n) is 4.07. The molecule has 3 atom stereocenters. The molecule has 1 rings (SSSR count). The number of carbonyl (C=O) groups is 1. The highest BCUT2D eigenvalue weighted by molar-refractivity contribution is 5.74. The van der Waals surface area contributed by atoms with Gasteiger partial charge in [0.2, 0.25) is 0 Å². The minimum Gasteiger partial charge on any atom is -0.391 e. The summed E-state index contributed by atoms with van der Waals surface area (Å²) in [6.45, 7) is 7.53. The van der Waals surface area contributed by atoms with E-state index >= 15 is 0 Å². The van der Waals surface area contributed by atoms with Crippen LogP contribution in [-0.2, 0) is 0 Å². The maximum Gasteiger partial charge on any atom is 0.317 e. The summed E-state index contributed by atoms with van der Waals surface area (Å²) in [5.74, 6) is 0.301. The van der Waals surface area contributed by atoms with Crippen LogP contribution in [0.3, 0.4) is 0 Å². The van der Waals surface area contributed by atoms with Crippen molar-refractivity contribution in [2.24, 2.45) is 5.92 Å². The van der Waals surface area contributed by atoms with E-state index in [1.165, 1.54) is 25.7 Å². The predicted octanol–water partition coefficient (Wildman–Crippen LogP) is 2.76. The van der Waals surface area contributed by atoms with Crippen molar-refractivity contribution in [3.8, 4) is 0 Å². The number of piperidine rings is 1. The molecule has 1 heterocycles. The highest BCUT2D eigenvalue weighted by atomic mass is 16.3. The second-order valence-corrected chi connectivity index (χ2v) is 5.98. The molecule has 0 bridgehead atoms. The number of nitrogens with one attached hydrogen (secondary N) is 1. The summed E-state index contributed by atoms with van der Waals surface area (Å²) < 4.78 is 0. The van der Waals surface area contributed by atoms with Gasteiger partial charge in [0.15, 0.2) is 0 Å². The first-order valence-electron chi connectivity index (χ1n) is 7.78. The topological polar surface area (TPSA) is 52.6 Å². The van der Waals surface area contributed by atoms with Gasteiger partial charge in [-0.1, -0.05) is 39.5 Å². The van der Waals surface area contributed by atoms with E-state index in [2.05, 4.69) is 19.2 Å². The van der Waals surface area contributed by atoms with E-state index in [0.717, 1.165) is 19.4 Å². The van der Waals surface area contributed by atoms with Crippen molar-refractivity contribution in [3.63, 3.8) is 0 Å². The zero-order valence-electron chi connectivity index (χ0n) is 12.7. The lowest BCUT2D eigenvalue weighted by Crippen LogP contribution is -2.51. The molecule has 0 radical (unpaired) electrons. The van der Waals surface area contributed by atoms with Gasteiger partial charge in [0.25, 0.3) is 0 Å². The fourth-order valence-corrected chi connectivity index (χ4v) is 2.48. The van der Waals surface area contributed by atoms with Crippen LogP contribution in [0.4, 0.5) is 4.79 Å². The molecule has 0 aromatic heterocycles. The van der Waals surface area contributed by atoms with Gasteiger partial charge in [0.05, 0.1) is 6.10 Å². The van der Waals surface area contributed by atoms with Crippen molar-refractivity contribution in [2.75, 3.05) is 13.1 Å². The number of aliphatic hydroxyl groups is 1. The maximum absolute atomic E-state index is 12.1. The molecule has 1 saturated heterocycles. The van der Waals surface area contributed by atoms with Crippen LogP contribution < -0.4 is 5.32 Å². The van der Waals surface area contributed by atoms with Crippen molar-refractivity contribution >= 4 is 6.03 Å². The Morgan fingerprint density at radius 3 is 2.79 bits per heavy atom. The monoisotopic (exact) mass is 270 g/mol. The Balaban J connectivity index is 2.22. The quantitative estimate of drug-likeness (QED) is 0.729. The van der Waals surface area contributed by atoms with Gasteiger partial charge in [-0.3, -0.25) is 0 Å². The molecule has 0 aromatic rings. The van der Waals surface area contributed by atoms with Gasteiger partial charge in [-0.25, -0.2) is 4.79 Å². The molecule has 0 saturated carbocycles. The van der Waals surface area contributed by atoms with Crippen LogP contribution in [0, 0.1) is 5.92 Å². The normalized spacial score (nSPS) is 25.2. The van der Waals surface area contributed by atoms with Crippen molar-refractivity contribution in [1.29, 1.82) is 0 Å². The molecule has 3 unspecified atom stereocenters. The van der Waals surface area contributed by atoms with E-state index in [9.17, 15) is 9.90 Å². The summed E-state index contributed by atoms with van der Waals surface area (Å²) in [5, 5.41) is 12.8. The summed E-state index contributed by atoms with van der Waals surface area (Å²) >= 11 is 0. The van der Waals surface area contributed by atoms with Gasteiger partial charge in [-0.15, -0.1) is 0 Å². The van der Waals surface area contributed by atoms with Crippen molar-refractivity contribution in [2.45, 2.75) is 71.4 Å². The van der Waals surface area contributed by atoms with Crippen LogP contribution in [-0.4, -0.2) is 41.3 Å². The molecular formula is C15H30N2O2. The van der Waals surface area contributed by atoms with Gasteiger partial charge in [-0.2, -0.15) is 0 Å². The van der Waals surface area contributed by atoms with E-state index in [1.807, 2.05) is 6.92 Å². The lowest BCUT2D eigenvalue weighted by atomic mass is 9.96. The number of hydrogen-bond donors (Lipinski definition) is 2. The molecule has 1 fully saturated rings. The zero-order valence-corrected chi connectivity index (χ0v) is 12.7. The van der Waals surface area contributed by atoms with E-state index < -0.39 is 0 Å². The second-order valence-electron chi connectivity index (χ2n) is 5.98. The van der Waals surface area contributed by atoms with Crippen molar-refractivity contribution < 1.29 is 9.90 Å². The highest BCUT2D eigenvalue weighted by Crippen LogP contribution is 2.17. The number of hydrogen-bond acceptors (Lipinski definition) is 2. The van der Waals surface area contributed by atoms with Crippen LogP contribution >= 0.6 is 0 Å². The molecule has 1 aliphatic heterocycles. The number of amides is 2. The van der Waals surface area contributed by atoms with Crippen molar-refractivity contribution in [3.05, 3.63) is 0 Å². The molecule has 112 valence electrons. The van der Waals surface area contributed by atoms with Gasteiger partial charge in [-0.05, 0) is 25.7 Å². The first kappa shape index (κ1) is 16.3. The predicted molar refractivity (Wildman–Crippen MR) is 78.1 cm³/mol. The van der Waals surface area contributed by atoms with Crippen LogP contribution in [0.15, 0.2) is 0 Å². The number of likely N-dealkylation sites (tertiary alicyclic amines) is 1. The Morgan fingerprint density at radius 1 is 1.42 bits per heavy atom. The Labute approximate surface area is 117 Å². The number of β-amino-alcohol motifs (C(OH)–C–C–N with tert-alkyl or cyclic N) is 1. The smallest absolute Gasteiger partial charge is 0.317 e. The minimum absolute atomic E-state index is 0.0195. The van der Waals surface area contributed by atoms with Crippen LogP contribution in [0.5, 0.6) is 0 Å². The maximum atomic E-state index is 12.1. The average molecular weight is 270 g/mol. The summed E-state index contributed by atoms with van der Waals surface area (Å²) in [6.07, 6.45) is 6.49. The van der Waals surface area contributed by atoms with Gasteiger partial charge in [0, 0.05) is 19.1 Å². The second kappa shape index (κ2) is 8.41. The molecule has 0 aromatic carbocycles. The Hall–Kier alpha value is -0.770. The van der Waals surface area contributed by atoms with Gasteiger partial charge in [0.1, 0.15) is 0 Å². The largest absolute Gasteiger partial charge is 0.391 e. The third-order valence-corrected chi connectivity index (χ3v) is 4.07. The SMILES string of the molecule is CCCCCCC(C)NC(=O)N1CCC(C)C(O)C1. The van der Waals surface area contributed by atoms with E-state index in [4.69, 9.17) is 0 Å². The lowest BCUT2D eigenvalue weighted by Gasteiger charge is -2.34. The third kappa shape index (κ3) is 5.81. The summed E-state index contributed by atoms with van der Waals surface area (Å²) in [6, 6.07) is 0.204. The Morgan fingerprint density at radius 2 is 2.16 bits per heavy atom. The number of nitrogens with zero attached hydrogens (tertiary/aromatic N) is 1. The molecule has 4 nitrogen and oxygen atoms in total. The fraction of sp³-hybridized carbons (Fsp3) is 0.933. The first-order chi connectivity index (χ1) is 9.04. The molecule has 0 aliphatic carbocycles. The number of urea groups is 1. The van der Waals surface area contributed by atoms with Crippen LogP contribution in [0.2, 0.25) is 0 Å². The van der Waals surface area contributed by atoms with E-state index in [0.29, 0.717) is 12.5 Å². The van der Waals surface area contributed by atoms with Crippen LogP contribution in [0.1, 0.15) is 59.3 Å². The first-order valence-corrected chi connectivity index (χ1v) is 7.78. The minimum atomic E-state index is -0.376. The number of carbonyl (C=O) groups excluding carboxylic acids is 1. The van der Waals surface area contributed by atoms with Crippen molar-refractivity contribution in [1.82, 2.24) is 10.2 Å². The number of rotatable bonds is 6. The van der Waals surface area contributed by atoms with Crippen LogP contribution in [0.25, 0.3) is 0 Å². The lowest BCUT2D eigenvalue weighted by molar-refractivity contribution is 0.0430. The highest BCUT2D eigenvalue weighted by Gasteiger charge is 2.27. The molecule has 0 spiro atoms. The average Bonchev–Trinajstić information content (AvgIpc) is 2.38. The molecule has 4 heteroatoms. The van der Waals surface area contributed by atoms with E-state index in [-0.39, 0.29) is 18.2 Å². The molecule has 19 heavy (non-hydrogen) atoms. The molecule has 2 amide bonds. The Bertz CT molecular complexity index is 271. The number of aliphatic hydroxyl groups excluding tert-OH is 1. The molecular weight excluding hydrogens is 240 g/mol. The standard InChI is InChI=1S/C15H30N2O2/c1-4-5-6-7-8-13(3)16-15(19)17-10-9-12(2)14(18)11-17/h12-14,18H,4-11H2,1-3H3,(H,16,19). The fourth-order valence-electron chi connectivity index (χ4n) is 2.48. The molecule has 1 aliphatic rings. The number of unbranched alkanes of at least 4 members (excludes halogenated alkanes) is 3. The Kier molecular flexibility index (Phi) is 7.21. The summed E-state index contributed by atoms with van der Waals surface area (Å²) in [4.78, 5) is 13.8. The summed E-state index contributed by atoms with van der Waals surface area (Å²) in [7, 11) is 0. The van der Waals surface area contributed by atoms with E-state index in [1.54, 1.807) is 4.90 Å². The van der Waals surface area contributed by atoms with Gasteiger partial charge >= 0.3 is 6.03 Å². The molecule has 2 N–H and O–H groups in total. The zero-order chi connectivity index (χ0) is 14.3.